The van der Waals surface area contributed by atoms with Crippen LogP contribution in [0.15, 0.2) is 30.3 Å². The Morgan fingerprint density at radius 3 is 2.67 bits per heavy atom. The van der Waals surface area contributed by atoms with E-state index in [0.29, 0.717) is 17.2 Å². The average Bonchev–Trinajstić information content (AvgIpc) is 2.99. The predicted octanol–water partition coefficient (Wildman–Crippen LogP) is 3.75. The fourth-order valence-corrected chi connectivity index (χ4v) is 2.59. The zero-order valence-electron chi connectivity index (χ0n) is 14.3. The van der Waals surface area contributed by atoms with Crippen LogP contribution in [0.4, 0.5) is 5.69 Å². The van der Waals surface area contributed by atoms with Crippen LogP contribution in [-0.4, -0.2) is 18.8 Å². The molecule has 0 bridgehead atoms. The molecular weight excluding hydrogens is 306 g/mol. The first-order valence-corrected chi connectivity index (χ1v) is 7.89. The van der Waals surface area contributed by atoms with E-state index in [4.69, 9.17) is 14.2 Å². The second-order valence-corrected chi connectivity index (χ2v) is 6.02. The molecule has 2 aromatic carbocycles. The van der Waals surface area contributed by atoms with Crippen molar-refractivity contribution in [2.45, 2.75) is 33.8 Å². The van der Waals surface area contributed by atoms with E-state index in [2.05, 4.69) is 11.4 Å². The number of ether oxygens (including phenoxy) is 3. The minimum absolute atomic E-state index is 0.207. The Morgan fingerprint density at radius 1 is 1.12 bits per heavy atom. The predicted molar refractivity (Wildman–Crippen MR) is 91.9 cm³/mol. The largest absolute Gasteiger partial charge is 0.481 e. The number of hydrogen-bond acceptors (Lipinski definition) is 4. The summed E-state index contributed by atoms with van der Waals surface area (Å²) in [5.74, 6) is 1.84. The maximum absolute atomic E-state index is 12.4. The van der Waals surface area contributed by atoms with Gasteiger partial charge < -0.3 is 19.5 Å². The zero-order valence-corrected chi connectivity index (χ0v) is 14.3. The van der Waals surface area contributed by atoms with Crippen LogP contribution in [0.3, 0.4) is 0 Å². The number of aryl methyl sites for hydroxylation is 2. The van der Waals surface area contributed by atoms with Crippen LogP contribution in [-0.2, 0) is 4.79 Å². The quantitative estimate of drug-likeness (QED) is 0.929. The van der Waals surface area contributed by atoms with Crippen molar-refractivity contribution in [2.24, 2.45) is 0 Å². The Kier molecular flexibility index (Phi) is 4.34. The maximum Gasteiger partial charge on any atom is 0.265 e. The summed E-state index contributed by atoms with van der Waals surface area (Å²) in [7, 11) is 0. The number of carbonyl (C=O) groups is 1. The number of fused-ring (bicyclic) bond motifs is 1. The molecule has 0 saturated carbocycles. The molecule has 0 saturated heterocycles. The molecule has 5 heteroatoms. The third-order valence-electron chi connectivity index (χ3n) is 4.08. The summed E-state index contributed by atoms with van der Waals surface area (Å²) in [6.07, 6.45) is -0.615. The summed E-state index contributed by atoms with van der Waals surface area (Å²) in [4.78, 5) is 12.4. The van der Waals surface area contributed by atoms with Gasteiger partial charge in [0.15, 0.2) is 17.6 Å². The molecule has 0 fully saturated rings. The molecule has 24 heavy (non-hydrogen) atoms. The minimum atomic E-state index is -0.615. The number of anilines is 1. The van der Waals surface area contributed by atoms with Crippen LogP contribution in [0, 0.1) is 20.8 Å². The van der Waals surface area contributed by atoms with Gasteiger partial charge in [0.05, 0.1) is 0 Å². The summed E-state index contributed by atoms with van der Waals surface area (Å²) in [5, 5.41) is 2.84. The summed E-state index contributed by atoms with van der Waals surface area (Å²) < 4.78 is 16.4. The van der Waals surface area contributed by atoms with Crippen molar-refractivity contribution in [1.82, 2.24) is 0 Å². The lowest BCUT2D eigenvalue weighted by Gasteiger charge is -2.18. The van der Waals surface area contributed by atoms with Crippen LogP contribution < -0.4 is 19.5 Å². The van der Waals surface area contributed by atoms with E-state index in [0.717, 1.165) is 22.4 Å². The molecule has 2 aromatic rings. The van der Waals surface area contributed by atoms with Gasteiger partial charge in [-0.1, -0.05) is 6.07 Å². The van der Waals surface area contributed by atoms with Gasteiger partial charge in [0.2, 0.25) is 6.79 Å². The molecule has 0 spiro atoms. The molecule has 1 aliphatic heterocycles. The molecule has 126 valence electrons. The Hall–Kier alpha value is -2.69. The van der Waals surface area contributed by atoms with Gasteiger partial charge in [0.25, 0.3) is 5.91 Å². The first-order chi connectivity index (χ1) is 11.4. The van der Waals surface area contributed by atoms with Gasteiger partial charge in [-0.05, 0) is 62.6 Å². The smallest absolute Gasteiger partial charge is 0.265 e. The molecule has 0 aromatic heterocycles. The summed E-state index contributed by atoms with van der Waals surface area (Å²) >= 11 is 0. The Morgan fingerprint density at radius 2 is 1.88 bits per heavy atom. The number of hydrogen-bond donors (Lipinski definition) is 1. The lowest BCUT2D eigenvalue weighted by atomic mass is 10.1. The highest BCUT2D eigenvalue weighted by atomic mass is 16.7. The highest BCUT2D eigenvalue weighted by Gasteiger charge is 2.19. The van der Waals surface area contributed by atoms with E-state index in [1.54, 1.807) is 25.1 Å². The number of rotatable bonds is 4. The summed E-state index contributed by atoms with van der Waals surface area (Å²) in [5.41, 5.74) is 3.95. The highest BCUT2D eigenvalue weighted by Crippen LogP contribution is 2.34. The third-order valence-corrected chi connectivity index (χ3v) is 4.08. The van der Waals surface area contributed by atoms with E-state index in [1.807, 2.05) is 26.8 Å². The minimum Gasteiger partial charge on any atom is -0.481 e. The normalized spacial score (nSPS) is 13.5. The summed E-state index contributed by atoms with van der Waals surface area (Å²) in [6.45, 7) is 7.98. The van der Waals surface area contributed by atoms with Crippen molar-refractivity contribution in [2.75, 3.05) is 12.1 Å². The standard InChI is InChI=1S/C19H21NO4/c1-11-7-12(2)13(3)17(8-11)24-14(4)19(21)20-15-5-6-16-18(9-15)23-10-22-16/h5-9,14H,10H2,1-4H3,(H,20,21)/t14-/m0/s1. The van der Waals surface area contributed by atoms with Crippen molar-refractivity contribution in [3.05, 3.63) is 47.0 Å². The molecule has 1 heterocycles. The van der Waals surface area contributed by atoms with Crippen molar-refractivity contribution in [1.29, 1.82) is 0 Å². The van der Waals surface area contributed by atoms with Crippen LogP contribution in [0.25, 0.3) is 0 Å². The number of carbonyl (C=O) groups excluding carboxylic acids is 1. The van der Waals surface area contributed by atoms with Gasteiger partial charge in [-0.2, -0.15) is 0 Å². The van der Waals surface area contributed by atoms with E-state index >= 15 is 0 Å². The van der Waals surface area contributed by atoms with Crippen molar-refractivity contribution in [3.8, 4) is 17.2 Å². The van der Waals surface area contributed by atoms with E-state index in [9.17, 15) is 4.79 Å². The second kappa shape index (κ2) is 6.43. The van der Waals surface area contributed by atoms with Gasteiger partial charge in [0.1, 0.15) is 5.75 Å². The van der Waals surface area contributed by atoms with E-state index < -0.39 is 6.10 Å². The Bertz CT molecular complexity index is 785. The Labute approximate surface area is 141 Å². The molecule has 0 unspecified atom stereocenters. The molecule has 3 rings (SSSR count). The van der Waals surface area contributed by atoms with E-state index in [-0.39, 0.29) is 12.7 Å². The summed E-state index contributed by atoms with van der Waals surface area (Å²) in [6, 6.07) is 9.35. The van der Waals surface area contributed by atoms with Gasteiger partial charge >= 0.3 is 0 Å². The number of amides is 1. The van der Waals surface area contributed by atoms with Crippen molar-refractivity contribution >= 4 is 11.6 Å². The molecule has 0 aliphatic carbocycles. The molecule has 5 nitrogen and oxygen atoms in total. The number of nitrogens with one attached hydrogen (secondary N) is 1. The first kappa shape index (κ1) is 16.2. The van der Waals surface area contributed by atoms with Gasteiger partial charge in [0, 0.05) is 11.8 Å². The molecule has 1 aliphatic rings. The van der Waals surface area contributed by atoms with Gasteiger partial charge in [-0.15, -0.1) is 0 Å². The fourth-order valence-electron chi connectivity index (χ4n) is 2.59. The maximum atomic E-state index is 12.4. The Balaban J connectivity index is 1.69. The third kappa shape index (κ3) is 3.30. The van der Waals surface area contributed by atoms with Crippen LogP contribution in [0.2, 0.25) is 0 Å². The fraction of sp³-hybridized carbons (Fsp3) is 0.316. The van der Waals surface area contributed by atoms with Crippen molar-refractivity contribution < 1.29 is 19.0 Å². The monoisotopic (exact) mass is 327 g/mol. The molecular formula is C19H21NO4. The van der Waals surface area contributed by atoms with Crippen LogP contribution in [0.1, 0.15) is 23.6 Å². The topological polar surface area (TPSA) is 56.8 Å². The number of benzene rings is 2. The van der Waals surface area contributed by atoms with Crippen LogP contribution >= 0.6 is 0 Å². The van der Waals surface area contributed by atoms with Crippen LogP contribution in [0.5, 0.6) is 17.2 Å². The molecule has 1 atom stereocenters. The highest BCUT2D eigenvalue weighted by molar-refractivity contribution is 5.94. The zero-order chi connectivity index (χ0) is 17.3. The lowest BCUT2D eigenvalue weighted by Crippen LogP contribution is -2.30. The SMILES string of the molecule is Cc1cc(C)c(C)c(O[C@@H](C)C(=O)Nc2ccc3c(c2)OCO3)c1. The lowest BCUT2D eigenvalue weighted by molar-refractivity contribution is -0.122. The first-order valence-electron chi connectivity index (χ1n) is 7.89. The average molecular weight is 327 g/mol. The van der Waals surface area contributed by atoms with Gasteiger partial charge in [-0.3, -0.25) is 4.79 Å². The van der Waals surface area contributed by atoms with Gasteiger partial charge in [-0.25, -0.2) is 0 Å². The molecule has 1 amide bonds. The van der Waals surface area contributed by atoms with E-state index in [1.165, 1.54) is 0 Å². The second-order valence-electron chi connectivity index (χ2n) is 6.02. The van der Waals surface area contributed by atoms with Crippen molar-refractivity contribution in [3.63, 3.8) is 0 Å². The molecule has 1 N–H and O–H groups in total. The molecule has 0 radical (unpaired) electrons.